The predicted octanol–water partition coefficient (Wildman–Crippen LogP) is 6.81. The zero-order valence-corrected chi connectivity index (χ0v) is 16.8. The fraction of sp³-hybridized carbons (Fsp3) is 0.0800. The van der Waals surface area contributed by atoms with Crippen molar-refractivity contribution >= 4 is 16.7 Å². The summed E-state index contributed by atoms with van der Waals surface area (Å²) in [5.41, 5.74) is -0.481. The van der Waals surface area contributed by atoms with E-state index in [4.69, 9.17) is 4.74 Å². The molecule has 0 spiro atoms. The number of rotatable bonds is 4. The Labute approximate surface area is 181 Å². The number of phenolic OH excluding ortho intramolecular Hbond substituents is 1. The third kappa shape index (κ3) is 4.09. The Hall–Kier alpha value is -4.00. The summed E-state index contributed by atoms with van der Waals surface area (Å²) in [6, 6.07) is 19.1. The Morgan fingerprint density at radius 2 is 1.56 bits per heavy atom. The first-order valence-electron chi connectivity index (χ1n) is 9.56. The second-order valence-electron chi connectivity index (χ2n) is 7.01. The van der Waals surface area contributed by atoms with Gasteiger partial charge in [-0.1, -0.05) is 36.4 Å². The summed E-state index contributed by atoms with van der Waals surface area (Å²) in [6.07, 6.45) is -4.65. The largest absolute Gasteiger partial charge is 0.508 e. The third-order valence-electron chi connectivity index (χ3n) is 4.96. The highest BCUT2D eigenvalue weighted by Crippen LogP contribution is 2.47. The number of benzene rings is 4. The summed E-state index contributed by atoms with van der Waals surface area (Å²) < 4.78 is 52.9. The lowest BCUT2D eigenvalue weighted by atomic mass is 9.93. The number of halogens is 3. The first-order valence-corrected chi connectivity index (χ1v) is 9.56. The molecule has 4 aromatic rings. The molecule has 4 aromatic carbocycles. The van der Waals surface area contributed by atoms with Gasteiger partial charge in [-0.3, -0.25) is 0 Å². The zero-order chi connectivity index (χ0) is 22.9. The van der Waals surface area contributed by atoms with Gasteiger partial charge in [0.1, 0.15) is 17.2 Å². The minimum Gasteiger partial charge on any atom is -0.508 e. The van der Waals surface area contributed by atoms with Gasteiger partial charge in [0, 0.05) is 10.9 Å². The number of esters is 1. The van der Waals surface area contributed by atoms with Crippen molar-refractivity contribution in [2.75, 3.05) is 7.11 Å². The number of carbonyl (C=O) groups excluding carboxylic acids is 1. The highest BCUT2D eigenvalue weighted by Gasteiger charge is 2.36. The number of carbonyl (C=O) groups is 1. The molecule has 0 unspecified atom stereocenters. The molecule has 0 radical (unpaired) electrons. The molecule has 1 N–H and O–H groups in total. The van der Waals surface area contributed by atoms with Gasteiger partial charge in [0.25, 0.3) is 0 Å². The smallest absolute Gasteiger partial charge is 0.417 e. The van der Waals surface area contributed by atoms with Crippen LogP contribution in [0.1, 0.15) is 15.9 Å². The lowest BCUT2D eigenvalue weighted by Crippen LogP contribution is -2.09. The van der Waals surface area contributed by atoms with Crippen LogP contribution in [-0.4, -0.2) is 18.2 Å². The van der Waals surface area contributed by atoms with E-state index in [1.807, 2.05) is 0 Å². The molecule has 32 heavy (non-hydrogen) atoms. The molecule has 0 aliphatic rings. The number of ether oxygens (including phenoxy) is 2. The maximum Gasteiger partial charge on any atom is 0.417 e. The van der Waals surface area contributed by atoms with E-state index in [-0.39, 0.29) is 33.9 Å². The van der Waals surface area contributed by atoms with Crippen molar-refractivity contribution in [2.24, 2.45) is 0 Å². The second-order valence-corrected chi connectivity index (χ2v) is 7.01. The van der Waals surface area contributed by atoms with Gasteiger partial charge in [-0.2, -0.15) is 13.2 Å². The Morgan fingerprint density at radius 1 is 0.906 bits per heavy atom. The summed E-state index contributed by atoms with van der Waals surface area (Å²) in [4.78, 5) is 11.7. The molecule has 0 atom stereocenters. The lowest BCUT2D eigenvalue weighted by molar-refractivity contribution is -0.137. The average Bonchev–Trinajstić information content (AvgIpc) is 2.79. The minimum atomic E-state index is -4.65. The van der Waals surface area contributed by atoms with E-state index < -0.39 is 17.7 Å². The van der Waals surface area contributed by atoms with E-state index >= 15 is 0 Å². The van der Waals surface area contributed by atoms with E-state index in [1.54, 1.807) is 24.3 Å². The van der Waals surface area contributed by atoms with Crippen LogP contribution >= 0.6 is 0 Å². The summed E-state index contributed by atoms with van der Waals surface area (Å²) in [6.45, 7) is 0. The first-order chi connectivity index (χ1) is 15.3. The molecule has 7 heteroatoms. The molecule has 4 nitrogen and oxygen atoms in total. The molecule has 162 valence electrons. The van der Waals surface area contributed by atoms with Crippen LogP contribution in [-0.2, 0) is 10.9 Å². The van der Waals surface area contributed by atoms with Crippen molar-refractivity contribution in [3.05, 3.63) is 90.0 Å². The van der Waals surface area contributed by atoms with Crippen molar-refractivity contribution in [3.8, 4) is 28.4 Å². The van der Waals surface area contributed by atoms with Crippen LogP contribution < -0.4 is 4.74 Å². The molecule has 0 bridgehead atoms. The minimum absolute atomic E-state index is 0.0203. The van der Waals surface area contributed by atoms with Gasteiger partial charge >= 0.3 is 12.1 Å². The number of alkyl halides is 3. The second kappa shape index (κ2) is 8.26. The van der Waals surface area contributed by atoms with Crippen LogP contribution in [0.25, 0.3) is 21.9 Å². The van der Waals surface area contributed by atoms with Crippen molar-refractivity contribution in [1.29, 1.82) is 0 Å². The SMILES string of the molecule is COC(=O)c1ccc(Oc2c(-c3ccc(O)cc3)c(C(F)(F)F)cc3ccccc23)cc1. The molecular weight excluding hydrogens is 421 g/mol. The van der Waals surface area contributed by atoms with Crippen molar-refractivity contribution in [1.82, 2.24) is 0 Å². The molecule has 0 saturated carbocycles. The van der Waals surface area contributed by atoms with Gasteiger partial charge in [-0.25, -0.2) is 4.79 Å². The number of hydrogen-bond donors (Lipinski definition) is 1. The van der Waals surface area contributed by atoms with Crippen LogP contribution in [0.4, 0.5) is 13.2 Å². The number of hydrogen-bond acceptors (Lipinski definition) is 4. The normalized spacial score (nSPS) is 11.4. The third-order valence-corrected chi connectivity index (χ3v) is 4.96. The summed E-state index contributed by atoms with van der Waals surface area (Å²) in [7, 11) is 1.26. The van der Waals surface area contributed by atoms with Gasteiger partial charge in [0.05, 0.1) is 18.2 Å². The van der Waals surface area contributed by atoms with Gasteiger partial charge in [-0.05, 0) is 53.4 Å². The molecule has 0 aromatic heterocycles. The van der Waals surface area contributed by atoms with Crippen molar-refractivity contribution in [2.45, 2.75) is 6.18 Å². The van der Waals surface area contributed by atoms with Crippen LogP contribution in [0.2, 0.25) is 0 Å². The molecule has 0 saturated heterocycles. The predicted molar refractivity (Wildman–Crippen MR) is 114 cm³/mol. The molecular formula is C25H17F3O4. The highest BCUT2D eigenvalue weighted by molar-refractivity contribution is 5.97. The van der Waals surface area contributed by atoms with Gasteiger partial charge < -0.3 is 14.6 Å². The fourth-order valence-electron chi connectivity index (χ4n) is 3.45. The summed E-state index contributed by atoms with van der Waals surface area (Å²) in [5.74, 6) is -0.330. The van der Waals surface area contributed by atoms with E-state index in [1.165, 1.54) is 55.6 Å². The molecule has 0 amide bonds. The average molecular weight is 438 g/mol. The highest BCUT2D eigenvalue weighted by atomic mass is 19.4. The molecule has 0 heterocycles. The van der Waals surface area contributed by atoms with Crippen LogP contribution in [0.3, 0.4) is 0 Å². The Morgan fingerprint density at radius 3 is 2.19 bits per heavy atom. The van der Waals surface area contributed by atoms with Crippen molar-refractivity contribution in [3.63, 3.8) is 0 Å². The van der Waals surface area contributed by atoms with E-state index in [9.17, 15) is 23.1 Å². The standard InChI is InChI=1S/C25H17F3O4/c1-31-24(30)16-8-12-19(13-9-16)32-23-20-5-3-2-4-17(20)14-21(25(26,27)28)22(23)15-6-10-18(29)11-7-15/h2-14,29H,1H3. The quantitative estimate of drug-likeness (QED) is 0.356. The Balaban J connectivity index is 1.95. The van der Waals surface area contributed by atoms with Gasteiger partial charge in [0.15, 0.2) is 0 Å². The number of fused-ring (bicyclic) bond motifs is 1. The molecule has 0 aliphatic heterocycles. The number of methoxy groups -OCH3 is 1. The topological polar surface area (TPSA) is 55.8 Å². The number of aromatic hydroxyl groups is 1. The van der Waals surface area contributed by atoms with Gasteiger partial charge in [0.2, 0.25) is 0 Å². The van der Waals surface area contributed by atoms with E-state index in [0.29, 0.717) is 10.8 Å². The Kier molecular flexibility index (Phi) is 5.48. The van der Waals surface area contributed by atoms with Crippen LogP contribution in [0.15, 0.2) is 78.9 Å². The summed E-state index contributed by atoms with van der Waals surface area (Å²) >= 11 is 0. The maximum atomic E-state index is 14.1. The Bertz CT molecular complexity index is 1280. The lowest BCUT2D eigenvalue weighted by Gasteiger charge is -2.20. The molecule has 0 aliphatic carbocycles. The van der Waals surface area contributed by atoms with Crippen LogP contribution in [0, 0.1) is 0 Å². The zero-order valence-electron chi connectivity index (χ0n) is 16.8. The molecule has 0 fully saturated rings. The van der Waals surface area contributed by atoms with E-state index in [2.05, 4.69) is 4.74 Å². The van der Waals surface area contributed by atoms with Crippen molar-refractivity contribution < 1.29 is 32.5 Å². The van der Waals surface area contributed by atoms with Crippen LogP contribution in [0.5, 0.6) is 17.2 Å². The fourth-order valence-corrected chi connectivity index (χ4v) is 3.45. The monoisotopic (exact) mass is 438 g/mol. The van der Waals surface area contributed by atoms with E-state index in [0.717, 1.165) is 6.07 Å². The summed E-state index contributed by atoms with van der Waals surface area (Å²) in [5, 5.41) is 10.5. The first kappa shape index (κ1) is 21.2. The number of phenols is 1. The molecule has 4 rings (SSSR count). The maximum absolute atomic E-state index is 14.1. The van der Waals surface area contributed by atoms with Gasteiger partial charge in [-0.15, -0.1) is 0 Å².